The van der Waals surface area contributed by atoms with Gasteiger partial charge in [-0.25, -0.2) is 0 Å². The molecule has 2 unspecified atom stereocenters. The van der Waals surface area contributed by atoms with Gasteiger partial charge in [0.1, 0.15) is 0 Å². The second-order valence-corrected chi connectivity index (χ2v) is 7.15. The molecule has 114 valence electrons. The third-order valence-corrected chi connectivity index (χ3v) is 5.32. The van der Waals surface area contributed by atoms with Gasteiger partial charge in [-0.15, -0.1) is 0 Å². The minimum atomic E-state index is 0.111. The summed E-state index contributed by atoms with van der Waals surface area (Å²) in [6.07, 6.45) is 6.68. The van der Waals surface area contributed by atoms with Crippen LogP contribution in [0.4, 0.5) is 0 Å². The van der Waals surface area contributed by atoms with E-state index in [1.165, 1.54) is 25.7 Å². The Hall–Kier alpha value is -0.710. The van der Waals surface area contributed by atoms with Crippen molar-refractivity contribution in [2.24, 2.45) is 10.9 Å². The van der Waals surface area contributed by atoms with Crippen molar-refractivity contribution in [2.75, 3.05) is 18.8 Å². The summed E-state index contributed by atoms with van der Waals surface area (Å²) in [7, 11) is 0. The van der Waals surface area contributed by atoms with Crippen LogP contribution in [0.1, 0.15) is 52.4 Å². The lowest BCUT2D eigenvalue weighted by Gasteiger charge is -2.36. The fourth-order valence-corrected chi connectivity index (χ4v) is 4.33. The molecular weight excluding hydrogens is 270 g/mol. The largest absolute Gasteiger partial charge is 0.359 e. The van der Waals surface area contributed by atoms with Crippen LogP contribution in [0.3, 0.4) is 0 Å². The van der Waals surface area contributed by atoms with E-state index >= 15 is 0 Å². The molecule has 4 nitrogen and oxygen atoms in total. The first-order valence-electron chi connectivity index (χ1n) is 7.86. The summed E-state index contributed by atoms with van der Waals surface area (Å²) in [6.45, 7) is 5.77. The molecule has 2 fully saturated rings. The fraction of sp³-hybridized carbons (Fsp3) is 0.867. The van der Waals surface area contributed by atoms with Gasteiger partial charge in [0.2, 0.25) is 5.91 Å². The number of aliphatic imine (C=N–C) groups is 1. The average Bonchev–Trinajstić information content (AvgIpc) is 2.79. The number of amidine groups is 1. The number of hydrogen-bond donors (Lipinski definition) is 2. The zero-order chi connectivity index (χ0) is 14.4. The molecule has 2 aliphatic rings. The Bertz CT molecular complexity index is 372. The van der Waals surface area contributed by atoms with E-state index in [0.717, 1.165) is 29.8 Å². The first-order valence-corrected chi connectivity index (χ1v) is 8.84. The molecule has 1 aliphatic heterocycles. The molecule has 5 heteroatoms. The lowest BCUT2D eigenvalue weighted by atomic mass is 9.78. The van der Waals surface area contributed by atoms with Crippen molar-refractivity contribution < 1.29 is 4.79 Å². The molecule has 0 radical (unpaired) electrons. The molecule has 0 aromatic rings. The SMILES string of the molecule is CCCNC(=O)CCN=C1NC2(CCCC(C)C2)CS1. The second-order valence-electron chi connectivity index (χ2n) is 6.18. The van der Waals surface area contributed by atoms with Crippen LogP contribution in [0.5, 0.6) is 0 Å². The lowest BCUT2D eigenvalue weighted by Crippen LogP contribution is -2.47. The quantitative estimate of drug-likeness (QED) is 0.820. The van der Waals surface area contributed by atoms with Gasteiger partial charge in [-0.3, -0.25) is 9.79 Å². The highest BCUT2D eigenvalue weighted by molar-refractivity contribution is 8.14. The lowest BCUT2D eigenvalue weighted by molar-refractivity contribution is -0.120. The zero-order valence-corrected chi connectivity index (χ0v) is 13.5. The summed E-state index contributed by atoms with van der Waals surface area (Å²) in [5.74, 6) is 2.06. The van der Waals surface area contributed by atoms with Gasteiger partial charge < -0.3 is 10.6 Å². The Morgan fingerprint density at radius 3 is 3.20 bits per heavy atom. The van der Waals surface area contributed by atoms with Gasteiger partial charge in [0, 0.05) is 24.3 Å². The summed E-state index contributed by atoms with van der Waals surface area (Å²) >= 11 is 1.83. The van der Waals surface area contributed by atoms with Crippen LogP contribution in [0, 0.1) is 5.92 Å². The topological polar surface area (TPSA) is 53.5 Å². The van der Waals surface area contributed by atoms with E-state index < -0.39 is 0 Å². The molecule has 2 rings (SSSR count). The number of nitrogens with one attached hydrogen (secondary N) is 2. The number of amides is 1. The van der Waals surface area contributed by atoms with E-state index in [4.69, 9.17) is 0 Å². The maximum Gasteiger partial charge on any atom is 0.221 e. The van der Waals surface area contributed by atoms with Crippen LogP contribution in [0.2, 0.25) is 0 Å². The van der Waals surface area contributed by atoms with Crippen molar-refractivity contribution in [3.8, 4) is 0 Å². The van der Waals surface area contributed by atoms with Crippen molar-refractivity contribution in [1.29, 1.82) is 0 Å². The van der Waals surface area contributed by atoms with Gasteiger partial charge in [-0.1, -0.05) is 38.5 Å². The molecule has 1 aliphatic carbocycles. The Morgan fingerprint density at radius 2 is 2.45 bits per heavy atom. The zero-order valence-electron chi connectivity index (χ0n) is 12.7. The van der Waals surface area contributed by atoms with Gasteiger partial charge in [0.25, 0.3) is 0 Å². The summed E-state index contributed by atoms with van der Waals surface area (Å²) in [5, 5.41) is 7.56. The number of hydrogen-bond acceptors (Lipinski definition) is 3. The standard InChI is InChI=1S/C15H27N3OS/c1-3-8-16-13(19)6-9-17-14-18-15(11-20-14)7-4-5-12(2)10-15/h12H,3-11H2,1-2H3,(H,16,19)(H,17,18). The predicted octanol–water partition coefficient (Wildman–Crippen LogP) is 2.54. The molecule has 1 heterocycles. The minimum Gasteiger partial charge on any atom is -0.359 e. The maximum atomic E-state index is 11.5. The number of carbonyl (C=O) groups excluding carboxylic acids is 1. The first kappa shape index (κ1) is 15.7. The number of rotatable bonds is 5. The van der Waals surface area contributed by atoms with Crippen LogP contribution >= 0.6 is 11.8 Å². The molecule has 2 atom stereocenters. The molecule has 1 saturated carbocycles. The second kappa shape index (κ2) is 7.34. The maximum absolute atomic E-state index is 11.5. The average molecular weight is 297 g/mol. The molecule has 1 amide bonds. The molecule has 0 aromatic heterocycles. The van der Waals surface area contributed by atoms with Gasteiger partial charge >= 0.3 is 0 Å². The third kappa shape index (κ3) is 4.40. The molecule has 20 heavy (non-hydrogen) atoms. The molecular formula is C15H27N3OS. The first-order chi connectivity index (χ1) is 9.63. The summed E-state index contributed by atoms with van der Waals surface area (Å²) in [6, 6.07) is 0. The van der Waals surface area contributed by atoms with Crippen molar-refractivity contribution in [3.05, 3.63) is 0 Å². The highest BCUT2D eigenvalue weighted by Crippen LogP contribution is 2.38. The third-order valence-electron chi connectivity index (χ3n) is 4.12. The van der Waals surface area contributed by atoms with Crippen LogP contribution in [-0.2, 0) is 4.79 Å². The summed E-state index contributed by atoms with van der Waals surface area (Å²) in [5.41, 5.74) is 0.283. The van der Waals surface area contributed by atoms with E-state index in [1.54, 1.807) is 0 Å². The van der Waals surface area contributed by atoms with Gasteiger partial charge in [0.15, 0.2) is 5.17 Å². The predicted molar refractivity (Wildman–Crippen MR) is 86.2 cm³/mol. The fourth-order valence-electron chi connectivity index (χ4n) is 3.11. The normalized spacial score (nSPS) is 31.5. The van der Waals surface area contributed by atoms with Crippen molar-refractivity contribution >= 4 is 22.8 Å². The van der Waals surface area contributed by atoms with Crippen molar-refractivity contribution in [1.82, 2.24) is 10.6 Å². The molecule has 2 N–H and O–H groups in total. The number of carbonyl (C=O) groups is 1. The van der Waals surface area contributed by atoms with Crippen LogP contribution < -0.4 is 10.6 Å². The Morgan fingerprint density at radius 1 is 1.60 bits per heavy atom. The number of nitrogens with zero attached hydrogens (tertiary/aromatic N) is 1. The van der Waals surface area contributed by atoms with Crippen LogP contribution in [0.25, 0.3) is 0 Å². The smallest absolute Gasteiger partial charge is 0.221 e. The Balaban J connectivity index is 1.74. The Labute approximate surface area is 126 Å². The van der Waals surface area contributed by atoms with Crippen LogP contribution in [0.15, 0.2) is 4.99 Å². The van der Waals surface area contributed by atoms with Crippen LogP contribution in [-0.4, -0.2) is 35.5 Å². The molecule has 0 aromatic carbocycles. The minimum absolute atomic E-state index is 0.111. The molecule has 1 spiro atoms. The van der Waals surface area contributed by atoms with E-state index in [0.29, 0.717) is 13.0 Å². The van der Waals surface area contributed by atoms with Crippen molar-refractivity contribution in [3.63, 3.8) is 0 Å². The number of thioether (sulfide) groups is 1. The van der Waals surface area contributed by atoms with E-state index in [2.05, 4.69) is 29.5 Å². The molecule has 1 saturated heterocycles. The van der Waals surface area contributed by atoms with E-state index in [9.17, 15) is 4.79 Å². The highest BCUT2D eigenvalue weighted by Gasteiger charge is 2.40. The van der Waals surface area contributed by atoms with Crippen molar-refractivity contribution in [2.45, 2.75) is 57.9 Å². The van der Waals surface area contributed by atoms with E-state index in [1.807, 2.05) is 11.8 Å². The summed E-state index contributed by atoms with van der Waals surface area (Å²) in [4.78, 5) is 16.1. The monoisotopic (exact) mass is 297 g/mol. The van der Waals surface area contributed by atoms with E-state index in [-0.39, 0.29) is 11.4 Å². The summed E-state index contributed by atoms with van der Waals surface area (Å²) < 4.78 is 0. The van der Waals surface area contributed by atoms with Gasteiger partial charge in [-0.2, -0.15) is 0 Å². The van der Waals surface area contributed by atoms with Gasteiger partial charge in [-0.05, 0) is 25.2 Å². The highest BCUT2D eigenvalue weighted by atomic mass is 32.2. The molecule has 0 bridgehead atoms. The Kier molecular flexibility index (Phi) is 5.75. The van der Waals surface area contributed by atoms with Gasteiger partial charge in [0.05, 0.1) is 6.54 Å².